The number of aliphatic imine (C=N–C) groups is 1. The summed E-state index contributed by atoms with van der Waals surface area (Å²) < 4.78 is 0. The Balaban J connectivity index is 2.13. The second kappa shape index (κ2) is 5.71. The smallest absolute Gasteiger partial charge is 0.0991 e. The molecule has 2 heteroatoms. The van der Waals surface area contributed by atoms with Gasteiger partial charge in [-0.1, -0.05) is 45.0 Å². The minimum absolute atomic E-state index is 0.162. The van der Waals surface area contributed by atoms with Gasteiger partial charge in [0.05, 0.1) is 17.3 Å². The van der Waals surface area contributed by atoms with Crippen LogP contribution in [0.4, 0.5) is 5.69 Å². The van der Waals surface area contributed by atoms with Gasteiger partial charge in [0, 0.05) is 6.21 Å². The molecular formula is C18H18N2. The van der Waals surface area contributed by atoms with Crippen LogP contribution in [0.15, 0.2) is 53.5 Å². The topological polar surface area (TPSA) is 36.1 Å². The summed E-state index contributed by atoms with van der Waals surface area (Å²) in [4.78, 5) is 4.45. The van der Waals surface area contributed by atoms with Crippen molar-refractivity contribution >= 4 is 11.9 Å². The van der Waals surface area contributed by atoms with Crippen molar-refractivity contribution in [3.8, 4) is 6.07 Å². The number of hydrogen-bond acceptors (Lipinski definition) is 2. The summed E-state index contributed by atoms with van der Waals surface area (Å²) in [7, 11) is 0. The van der Waals surface area contributed by atoms with Gasteiger partial charge in [-0.15, -0.1) is 0 Å². The molecule has 20 heavy (non-hydrogen) atoms. The number of rotatable bonds is 2. The largest absolute Gasteiger partial charge is 0.256 e. The van der Waals surface area contributed by atoms with Gasteiger partial charge in [-0.3, -0.25) is 4.99 Å². The quantitative estimate of drug-likeness (QED) is 0.728. The molecule has 0 amide bonds. The van der Waals surface area contributed by atoms with Crippen LogP contribution in [0.5, 0.6) is 0 Å². The van der Waals surface area contributed by atoms with Crippen molar-refractivity contribution < 1.29 is 0 Å². The summed E-state index contributed by atoms with van der Waals surface area (Å²) in [6, 6.07) is 17.8. The molecule has 2 rings (SSSR count). The first-order valence-electron chi connectivity index (χ1n) is 6.64. The molecule has 0 spiro atoms. The molecule has 0 aliphatic rings. The maximum atomic E-state index is 8.74. The summed E-state index contributed by atoms with van der Waals surface area (Å²) in [5.41, 5.74) is 4.05. The van der Waals surface area contributed by atoms with E-state index in [-0.39, 0.29) is 5.41 Å². The Bertz CT molecular complexity index is 636. The molecule has 0 aromatic heterocycles. The third-order valence-electron chi connectivity index (χ3n) is 3.14. The van der Waals surface area contributed by atoms with Crippen LogP contribution in [-0.2, 0) is 5.41 Å². The van der Waals surface area contributed by atoms with Crippen molar-refractivity contribution in [2.24, 2.45) is 4.99 Å². The Morgan fingerprint density at radius 3 is 2.05 bits per heavy atom. The summed E-state index contributed by atoms with van der Waals surface area (Å²) in [5.74, 6) is 0. The van der Waals surface area contributed by atoms with E-state index in [0.29, 0.717) is 5.56 Å². The van der Waals surface area contributed by atoms with E-state index in [4.69, 9.17) is 5.26 Å². The molecule has 0 aliphatic carbocycles. The van der Waals surface area contributed by atoms with Gasteiger partial charge in [0.2, 0.25) is 0 Å². The second-order valence-corrected chi connectivity index (χ2v) is 5.79. The Labute approximate surface area is 120 Å². The normalized spacial score (nSPS) is 11.5. The molecule has 2 nitrogen and oxygen atoms in total. The molecule has 100 valence electrons. The average molecular weight is 262 g/mol. The number of benzene rings is 2. The lowest BCUT2D eigenvalue weighted by Gasteiger charge is -2.18. The fraction of sp³-hybridized carbons (Fsp3) is 0.222. The molecule has 2 aromatic rings. The molecule has 0 bridgehead atoms. The molecule has 0 saturated carbocycles. The molecule has 0 fully saturated rings. The Morgan fingerprint density at radius 1 is 0.950 bits per heavy atom. The maximum absolute atomic E-state index is 8.74. The molecule has 0 radical (unpaired) electrons. The maximum Gasteiger partial charge on any atom is 0.0991 e. The highest BCUT2D eigenvalue weighted by molar-refractivity contribution is 5.82. The monoisotopic (exact) mass is 262 g/mol. The lowest BCUT2D eigenvalue weighted by atomic mass is 9.87. The summed E-state index contributed by atoms with van der Waals surface area (Å²) in [5, 5.41) is 8.74. The Kier molecular flexibility index (Phi) is 4.00. The highest BCUT2D eigenvalue weighted by atomic mass is 14.7. The van der Waals surface area contributed by atoms with Crippen LogP contribution in [0.25, 0.3) is 0 Å². The molecule has 0 heterocycles. The van der Waals surface area contributed by atoms with E-state index in [2.05, 4.69) is 44.0 Å². The molecular weight excluding hydrogens is 244 g/mol. The molecule has 0 unspecified atom stereocenters. The summed E-state index contributed by atoms with van der Waals surface area (Å²) >= 11 is 0. The van der Waals surface area contributed by atoms with Crippen LogP contribution in [0.3, 0.4) is 0 Å². The van der Waals surface area contributed by atoms with Crippen molar-refractivity contribution in [3.63, 3.8) is 0 Å². The minimum Gasteiger partial charge on any atom is -0.256 e. The van der Waals surface area contributed by atoms with E-state index in [0.717, 1.165) is 11.3 Å². The van der Waals surface area contributed by atoms with E-state index in [1.807, 2.05) is 30.5 Å². The van der Waals surface area contributed by atoms with Crippen LogP contribution in [-0.4, -0.2) is 6.21 Å². The number of nitriles is 1. The van der Waals surface area contributed by atoms with Gasteiger partial charge in [0.15, 0.2) is 0 Å². The Hall–Kier alpha value is -2.40. The molecule has 0 N–H and O–H groups in total. The zero-order valence-corrected chi connectivity index (χ0v) is 12.1. The van der Waals surface area contributed by atoms with E-state index < -0.39 is 0 Å². The van der Waals surface area contributed by atoms with E-state index in [9.17, 15) is 0 Å². The highest BCUT2D eigenvalue weighted by Crippen LogP contribution is 2.24. The van der Waals surface area contributed by atoms with Crippen molar-refractivity contribution in [1.82, 2.24) is 0 Å². The van der Waals surface area contributed by atoms with Crippen molar-refractivity contribution in [3.05, 3.63) is 65.2 Å². The second-order valence-electron chi connectivity index (χ2n) is 5.79. The van der Waals surface area contributed by atoms with Crippen molar-refractivity contribution in [2.45, 2.75) is 26.2 Å². The summed E-state index contributed by atoms with van der Waals surface area (Å²) in [6.07, 6.45) is 1.81. The zero-order valence-electron chi connectivity index (χ0n) is 12.1. The van der Waals surface area contributed by atoms with Gasteiger partial charge in [-0.2, -0.15) is 5.26 Å². The fourth-order valence-electron chi connectivity index (χ4n) is 1.84. The summed E-state index contributed by atoms with van der Waals surface area (Å²) in [6.45, 7) is 6.59. The lowest BCUT2D eigenvalue weighted by molar-refractivity contribution is 0.590. The minimum atomic E-state index is 0.162. The zero-order chi connectivity index (χ0) is 14.6. The van der Waals surface area contributed by atoms with Gasteiger partial charge in [-0.25, -0.2) is 0 Å². The molecule has 2 aromatic carbocycles. The first-order chi connectivity index (χ1) is 9.49. The average Bonchev–Trinajstić information content (AvgIpc) is 2.45. The molecule has 0 saturated heterocycles. The predicted octanol–water partition coefficient (Wildman–Crippen LogP) is 4.61. The van der Waals surface area contributed by atoms with Crippen LogP contribution < -0.4 is 0 Å². The lowest BCUT2D eigenvalue weighted by Crippen LogP contribution is -2.10. The Morgan fingerprint density at radius 2 is 1.55 bits per heavy atom. The van der Waals surface area contributed by atoms with Gasteiger partial charge in [-0.05, 0) is 40.8 Å². The number of hydrogen-bond donors (Lipinski definition) is 0. The number of nitrogens with zero attached hydrogens (tertiary/aromatic N) is 2. The van der Waals surface area contributed by atoms with Crippen LogP contribution in [0, 0.1) is 11.3 Å². The third-order valence-corrected chi connectivity index (χ3v) is 3.14. The van der Waals surface area contributed by atoms with Crippen LogP contribution in [0.1, 0.15) is 37.5 Å². The van der Waals surface area contributed by atoms with Gasteiger partial charge in [0.25, 0.3) is 0 Å². The fourth-order valence-corrected chi connectivity index (χ4v) is 1.84. The van der Waals surface area contributed by atoms with Gasteiger partial charge < -0.3 is 0 Å². The van der Waals surface area contributed by atoms with E-state index in [1.165, 1.54) is 5.56 Å². The third kappa shape index (κ3) is 3.55. The van der Waals surface area contributed by atoms with Crippen LogP contribution >= 0.6 is 0 Å². The van der Waals surface area contributed by atoms with Crippen molar-refractivity contribution in [1.29, 1.82) is 5.26 Å². The van der Waals surface area contributed by atoms with E-state index in [1.54, 1.807) is 12.1 Å². The SMILES string of the molecule is CC(C)(C)c1ccc(N=Cc2ccc(C#N)cc2)cc1. The van der Waals surface area contributed by atoms with Gasteiger partial charge >= 0.3 is 0 Å². The van der Waals surface area contributed by atoms with Gasteiger partial charge in [0.1, 0.15) is 0 Å². The van der Waals surface area contributed by atoms with Crippen LogP contribution in [0.2, 0.25) is 0 Å². The highest BCUT2D eigenvalue weighted by Gasteiger charge is 2.12. The predicted molar refractivity (Wildman–Crippen MR) is 83.6 cm³/mol. The standard InChI is InChI=1S/C18H18N2/c1-18(2,3)16-8-10-17(11-9-16)20-13-15-6-4-14(12-19)5-7-15/h4-11,13H,1-3H3. The van der Waals surface area contributed by atoms with E-state index >= 15 is 0 Å². The first-order valence-corrected chi connectivity index (χ1v) is 6.64. The van der Waals surface area contributed by atoms with Crippen molar-refractivity contribution in [2.75, 3.05) is 0 Å². The first kappa shape index (κ1) is 14.0. The molecule has 0 atom stereocenters. The molecule has 0 aliphatic heterocycles.